The van der Waals surface area contributed by atoms with Gasteiger partial charge in [0.05, 0.1) is 0 Å². The van der Waals surface area contributed by atoms with Crippen LogP contribution in [0.2, 0.25) is 0 Å². The third-order valence-electron chi connectivity index (χ3n) is 1.30. The van der Waals surface area contributed by atoms with Crippen molar-refractivity contribution in [1.29, 1.82) is 0 Å². The average Bonchev–Trinajstić information content (AvgIpc) is 1.64. The zero-order chi connectivity index (χ0) is 7.71. The molecule has 0 aliphatic rings. The molecule has 0 saturated carbocycles. The van der Waals surface area contributed by atoms with Crippen LogP contribution >= 0.6 is 0 Å². The second-order valence-corrected chi connectivity index (χ2v) is 2.13. The fourth-order valence-corrected chi connectivity index (χ4v) is 0.200. The van der Waals surface area contributed by atoms with E-state index in [1.165, 1.54) is 6.92 Å². The molecule has 0 radical (unpaired) electrons. The molecular formula is C5H9F3O. The monoisotopic (exact) mass is 142 g/mol. The molecule has 0 unspecified atom stereocenters. The van der Waals surface area contributed by atoms with Crippen LogP contribution in [0.1, 0.15) is 20.3 Å². The SMILES string of the molecule is CC[C@](C)(O)C(F)(F)F. The standard InChI is InChI=1S/C5H9F3O/c1-3-4(2,9)5(6,7)8/h9H,3H2,1-2H3/t4-/m0/s1. The van der Waals surface area contributed by atoms with E-state index in [0.717, 1.165) is 6.92 Å². The minimum absolute atomic E-state index is 0.309. The zero-order valence-electron chi connectivity index (χ0n) is 5.29. The molecule has 1 atom stereocenters. The average molecular weight is 142 g/mol. The van der Waals surface area contributed by atoms with Gasteiger partial charge in [-0.15, -0.1) is 0 Å². The lowest BCUT2D eigenvalue weighted by atomic mass is 10.0. The highest BCUT2D eigenvalue weighted by molar-refractivity contribution is 4.78. The molecule has 56 valence electrons. The van der Waals surface area contributed by atoms with Gasteiger partial charge < -0.3 is 5.11 Å². The molecule has 0 bridgehead atoms. The molecule has 4 heteroatoms. The Balaban J connectivity index is 4.14. The normalized spacial score (nSPS) is 19.3. The predicted molar refractivity (Wildman–Crippen MR) is 27.0 cm³/mol. The predicted octanol–water partition coefficient (Wildman–Crippen LogP) is 1.71. The summed E-state index contributed by atoms with van der Waals surface area (Å²) in [4.78, 5) is 0. The van der Waals surface area contributed by atoms with Gasteiger partial charge in [-0.25, -0.2) is 0 Å². The Morgan fingerprint density at radius 3 is 1.67 bits per heavy atom. The molecule has 0 aromatic rings. The van der Waals surface area contributed by atoms with E-state index in [0.29, 0.717) is 0 Å². The van der Waals surface area contributed by atoms with Crippen molar-refractivity contribution in [3.63, 3.8) is 0 Å². The molecule has 0 aliphatic heterocycles. The number of halogens is 3. The zero-order valence-corrected chi connectivity index (χ0v) is 5.29. The van der Waals surface area contributed by atoms with Gasteiger partial charge in [0, 0.05) is 0 Å². The van der Waals surface area contributed by atoms with Crippen molar-refractivity contribution in [2.24, 2.45) is 0 Å². The summed E-state index contributed by atoms with van der Waals surface area (Å²) in [5.74, 6) is 0. The van der Waals surface area contributed by atoms with Gasteiger partial charge in [0.25, 0.3) is 0 Å². The van der Waals surface area contributed by atoms with Crippen LogP contribution in [0.3, 0.4) is 0 Å². The largest absolute Gasteiger partial charge is 0.416 e. The number of aliphatic hydroxyl groups is 1. The summed E-state index contributed by atoms with van der Waals surface area (Å²) in [5.41, 5.74) is -2.52. The van der Waals surface area contributed by atoms with E-state index in [-0.39, 0.29) is 6.42 Å². The lowest BCUT2D eigenvalue weighted by Gasteiger charge is -2.23. The molecule has 0 spiro atoms. The van der Waals surface area contributed by atoms with Crippen molar-refractivity contribution in [2.75, 3.05) is 0 Å². The summed E-state index contributed by atoms with van der Waals surface area (Å²) in [6.07, 6.45) is -4.81. The first kappa shape index (κ1) is 8.75. The Morgan fingerprint density at radius 2 is 1.67 bits per heavy atom. The van der Waals surface area contributed by atoms with Gasteiger partial charge in [-0.2, -0.15) is 13.2 Å². The maximum absolute atomic E-state index is 11.6. The minimum atomic E-state index is -4.50. The molecule has 0 amide bonds. The van der Waals surface area contributed by atoms with Crippen LogP contribution in [0.4, 0.5) is 13.2 Å². The van der Waals surface area contributed by atoms with Crippen molar-refractivity contribution < 1.29 is 18.3 Å². The van der Waals surface area contributed by atoms with Crippen LogP contribution in [0, 0.1) is 0 Å². The van der Waals surface area contributed by atoms with Crippen molar-refractivity contribution in [2.45, 2.75) is 32.0 Å². The number of hydrogen-bond donors (Lipinski definition) is 1. The quantitative estimate of drug-likeness (QED) is 0.590. The highest BCUT2D eigenvalue weighted by Crippen LogP contribution is 2.31. The first-order valence-electron chi connectivity index (χ1n) is 2.60. The van der Waals surface area contributed by atoms with E-state index < -0.39 is 11.8 Å². The Morgan fingerprint density at radius 1 is 1.33 bits per heavy atom. The summed E-state index contributed by atoms with van der Waals surface area (Å²) < 4.78 is 34.8. The van der Waals surface area contributed by atoms with Gasteiger partial charge in [-0.05, 0) is 13.3 Å². The lowest BCUT2D eigenvalue weighted by molar-refractivity contribution is -0.253. The smallest absolute Gasteiger partial charge is 0.381 e. The van der Waals surface area contributed by atoms with Crippen LogP contribution in [-0.2, 0) is 0 Å². The highest BCUT2D eigenvalue weighted by Gasteiger charge is 2.48. The van der Waals surface area contributed by atoms with Crippen molar-refractivity contribution in [3.8, 4) is 0 Å². The molecule has 1 N–H and O–H groups in total. The molecule has 0 heterocycles. The molecule has 0 aromatic heterocycles. The van der Waals surface area contributed by atoms with E-state index in [1.54, 1.807) is 0 Å². The second-order valence-electron chi connectivity index (χ2n) is 2.13. The summed E-state index contributed by atoms with van der Waals surface area (Å²) in [7, 11) is 0. The second kappa shape index (κ2) is 2.17. The number of rotatable bonds is 1. The summed E-state index contributed by atoms with van der Waals surface area (Å²) >= 11 is 0. The topological polar surface area (TPSA) is 20.2 Å². The van der Waals surface area contributed by atoms with Crippen molar-refractivity contribution in [3.05, 3.63) is 0 Å². The first-order chi connectivity index (χ1) is 3.81. The Kier molecular flexibility index (Phi) is 2.11. The number of hydrogen-bond acceptors (Lipinski definition) is 1. The van der Waals surface area contributed by atoms with Crippen LogP contribution in [0.5, 0.6) is 0 Å². The van der Waals surface area contributed by atoms with Gasteiger partial charge in [-0.3, -0.25) is 0 Å². The third-order valence-corrected chi connectivity index (χ3v) is 1.30. The van der Waals surface area contributed by atoms with Gasteiger partial charge in [0.2, 0.25) is 0 Å². The maximum atomic E-state index is 11.6. The van der Waals surface area contributed by atoms with Gasteiger partial charge in [-0.1, -0.05) is 6.92 Å². The molecule has 0 rings (SSSR count). The fourth-order valence-electron chi connectivity index (χ4n) is 0.200. The minimum Gasteiger partial charge on any atom is -0.381 e. The molecular weight excluding hydrogens is 133 g/mol. The van der Waals surface area contributed by atoms with Crippen molar-refractivity contribution in [1.82, 2.24) is 0 Å². The summed E-state index contributed by atoms with van der Waals surface area (Å²) in [5, 5.41) is 8.53. The van der Waals surface area contributed by atoms with E-state index in [2.05, 4.69) is 0 Å². The van der Waals surface area contributed by atoms with Gasteiger partial charge >= 0.3 is 6.18 Å². The Bertz CT molecular complexity index is 94.9. The van der Waals surface area contributed by atoms with E-state index in [9.17, 15) is 13.2 Å². The van der Waals surface area contributed by atoms with E-state index >= 15 is 0 Å². The number of alkyl halides is 3. The van der Waals surface area contributed by atoms with Crippen LogP contribution in [-0.4, -0.2) is 16.9 Å². The lowest BCUT2D eigenvalue weighted by Crippen LogP contribution is -2.41. The third kappa shape index (κ3) is 1.86. The molecule has 0 aromatic carbocycles. The molecule has 9 heavy (non-hydrogen) atoms. The Hall–Kier alpha value is -0.250. The van der Waals surface area contributed by atoms with Crippen LogP contribution in [0.15, 0.2) is 0 Å². The first-order valence-corrected chi connectivity index (χ1v) is 2.60. The molecule has 0 aliphatic carbocycles. The summed E-state index contributed by atoms with van der Waals surface area (Å²) in [6.45, 7) is 2.04. The van der Waals surface area contributed by atoms with Crippen molar-refractivity contribution >= 4 is 0 Å². The van der Waals surface area contributed by atoms with Crippen LogP contribution in [0.25, 0.3) is 0 Å². The maximum Gasteiger partial charge on any atom is 0.416 e. The molecule has 1 nitrogen and oxygen atoms in total. The van der Waals surface area contributed by atoms with Gasteiger partial charge in [0.1, 0.15) is 0 Å². The molecule has 0 fully saturated rings. The van der Waals surface area contributed by atoms with Crippen LogP contribution < -0.4 is 0 Å². The molecule has 0 saturated heterocycles. The van der Waals surface area contributed by atoms with E-state index in [4.69, 9.17) is 5.11 Å². The van der Waals surface area contributed by atoms with Gasteiger partial charge in [0.15, 0.2) is 5.60 Å². The summed E-state index contributed by atoms with van der Waals surface area (Å²) in [6, 6.07) is 0. The Labute approximate surface area is 51.5 Å². The fraction of sp³-hybridized carbons (Fsp3) is 1.00. The van der Waals surface area contributed by atoms with E-state index in [1.807, 2.05) is 0 Å². The highest BCUT2D eigenvalue weighted by atomic mass is 19.4.